The van der Waals surface area contributed by atoms with Crippen LogP contribution in [0.5, 0.6) is 0 Å². The molecule has 26 heavy (non-hydrogen) atoms. The predicted octanol–water partition coefficient (Wildman–Crippen LogP) is 1.04. The summed E-state index contributed by atoms with van der Waals surface area (Å²) in [4.78, 5) is 26.8. The Morgan fingerprint density at radius 3 is 2.31 bits per heavy atom. The molecule has 0 aliphatic carbocycles. The lowest BCUT2D eigenvalue weighted by Gasteiger charge is -2.11. The Morgan fingerprint density at radius 1 is 1.04 bits per heavy atom. The SMILES string of the molecule is CCn1nc(C(=O)NNS(=O)(=O)c2ccccc2)c2ccccc2c1=O. The Hall–Kier alpha value is -3.04. The molecule has 2 aromatic carbocycles. The summed E-state index contributed by atoms with van der Waals surface area (Å²) in [5, 5.41) is 4.73. The number of fused-ring (bicyclic) bond motifs is 1. The molecule has 0 spiro atoms. The minimum atomic E-state index is -3.92. The van der Waals surface area contributed by atoms with Crippen LogP contribution in [-0.4, -0.2) is 24.1 Å². The van der Waals surface area contributed by atoms with Crippen LogP contribution in [0.2, 0.25) is 0 Å². The van der Waals surface area contributed by atoms with Crippen LogP contribution >= 0.6 is 0 Å². The Bertz CT molecular complexity index is 1120. The van der Waals surface area contributed by atoms with Gasteiger partial charge in [0.05, 0.1) is 10.3 Å². The summed E-state index contributed by atoms with van der Waals surface area (Å²) in [5.41, 5.74) is 1.79. The van der Waals surface area contributed by atoms with E-state index >= 15 is 0 Å². The highest BCUT2D eigenvalue weighted by molar-refractivity contribution is 7.89. The van der Waals surface area contributed by atoms with E-state index in [0.717, 1.165) is 4.68 Å². The number of aromatic nitrogens is 2. The quantitative estimate of drug-likeness (QED) is 0.650. The fraction of sp³-hybridized carbons (Fsp3) is 0.118. The number of aryl methyl sites for hydroxylation is 1. The van der Waals surface area contributed by atoms with Crippen LogP contribution in [0.1, 0.15) is 17.4 Å². The normalized spacial score (nSPS) is 11.4. The second kappa shape index (κ2) is 7.06. The van der Waals surface area contributed by atoms with Crippen LogP contribution < -0.4 is 15.8 Å². The number of carbonyl (C=O) groups is 1. The van der Waals surface area contributed by atoms with Crippen LogP contribution in [0.4, 0.5) is 0 Å². The van der Waals surface area contributed by atoms with Gasteiger partial charge in [-0.15, -0.1) is 4.83 Å². The number of carbonyl (C=O) groups excluding carboxylic acids is 1. The molecular formula is C17H16N4O4S. The fourth-order valence-corrected chi connectivity index (χ4v) is 3.31. The minimum Gasteiger partial charge on any atom is -0.272 e. The van der Waals surface area contributed by atoms with Gasteiger partial charge in [-0.3, -0.25) is 15.0 Å². The van der Waals surface area contributed by atoms with Crippen molar-refractivity contribution in [2.45, 2.75) is 18.4 Å². The average molecular weight is 372 g/mol. The van der Waals surface area contributed by atoms with Crippen LogP contribution in [0.25, 0.3) is 10.8 Å². The first-order valence-electron chi connectivity index (χ1n) is 7.81. The summed E-state index contributed by atoms with van der Waals surface area (Å²) >= 11 is 0. The van der Waals surface area contributed by atoms with Crippen molar-refractivity contribution in [2.24, 2.45) is 0 Å². The zero-order valence-electron chi connectivity index (χ0n) is 13.8. The van der Waals surface area contributed by atoms with Gasteiger partial charge in [0.25, 0.3) is 21.5 Å². The summed E-state index contributed by atoms with van der Waals surface area (Å²) in [6, 6.07) is 14.2. The number of nitrogens with zero attached hydrogens (tertiary/aromatic N) is 2. The molecule has 1 aromatic heterocycles. The highest BCUT2D eigenvalue weighted by Crippen LogP contribution is 2.13. The van der Waals surface area contributed by atoms with E-state index in [9.17, 15) is 18.0 Å². The fourth-order valence-electron chi connectivity index (χ4n) is 2.45. The van der Waals surface area contributed by atoms with Crippen LogP contribution in [0.3, 0.4) is 0 Å². The van der Waals surface area contributed by atoms with Gasteiger partial charge in [0, 0.05) is 11.9 Å². The zero-order valence-corrected chi connectivity index (χ0v) is 14.7. The molecule has 0 saturated heterocycles. The Labute approximate surface area is 149 Å². The summed E-state index contributed by atoms with van der Waals surface area (Å²) in [6.07, 6.45) is 0. The molecule has 0 unspecified atom stereocenters. The van der Waals surface area contributed by atoms with Crippen LogP contribution in [0.15, 0.2) is 64.3 Å². The van der Waals surface area contributed by atoms with Gasteiger partial charge in [-0.1, -0.05) is 36.4 Å². The van der Waals surface area contributed by atoms with E-state index in [2.05, 4.69) is 10.5 Å². The molecule has 0 atom stereocenters. The second-order valence-corrected chi connectivity index (χ2v) is 7.07. The third-order valence-corrected chi connectivity index (χ3v) is 5.00. The van der Waals surface area contributed by atoms with Gasteiger partial charge in [-0.2, -0.15) is 5.10 Å². The number of hydrogen-bond acceptors (Lipinski definition) is 5. The highest BCUT2D eigenvalue weighted by Gasteiger charge is 2.19. The number of sulfonamides is 1. The van der Waals surface area contributed by atoms with E-state index in [4.69, 9.17) is 0 Å². The molecular weight excluding hydrogens is 356 g/mol. The number of hydrazine groups is 1. The van der Waals surface area contributed by atoms with Crippen molar-refractivity contribution >= 4 is 26.7 Å². The minimum absolute atomic E-state index is 0.0108. The van der Waals surface area contributed by atoms with Crippen molar-refractivity contribution < 1.29 is 13.2 Å². The molecule has 0 bridgehead atoms. The molecule has 0 radical (unpaired) electrons. The van der Waals surface area contributed by atoms with Crippen molar-refractivity contribution in [3.8, 4) is 0 Å². The highest BCUT2D eigenvalue weighted by atomic mass is 32.2. The van der Waals surface area contributed by atoms with E-state index in [1.54, 1.807) is 49.4 Å². The topological polar surface area (TPSA) is 110 Å². The summed E-state index contributed by atoms with van der Waals surface area (Å²) in [6.45, 7) is 2.00. The molecule has 0 saturated carbocycles. The molecule has 2 N–H and O–H groups in total. The lowest BCUT2D eigenvalue weighted by atomic mass is 10.1. The molecule has 134 valence electrons. The molecule has 1 amide bonds. The third kappa shape index (κ3) is 3.35. The van der Waals surface area contributed by atoms with Crippen molar-refractivity contribution in [2.75, 3.05) is 0 Å². The maximum Gasteiger partial charge on any atom is 0.287 e. The van der Waals surface area contributed by atoms with Gasteiger partial charge in [0.2, 0.25) is 0 Å². The van der Waals surface area contributed by atoms with E-state index in [0.29, 0.717) is 10.8 Å². The maximum atomic E-state index is 12.5. The Morgan fingerprint density at radius 2 is 1.65 bits per heavy atom. The predicted molar refractivity (Wildman–Crippen MR) is 95.9 cm³/mol. The Kier molecular flexibility index (Phi) is 4.83. The molecule has 3 rings (SSSR count). The summed E-state index contributed by atoms with van der Waals surface area (Å²) in [5.74, 6) is -0.761. The largest absolute Gasteiger partial charge is 0.287 e. The first kappa shape index (κ1) is 17.8. The Balaban J connectivity index is 1.94. The van der Waals surface area contributed by atoms with E-state index in [1.165, 1.54) is 12.1 Å². The number of benzene rings is 2. The molecule has 0 aliphatic rings. The average Bonchev–Trinajstić information content (AvgIpc) is 2.67. The van der Waals surface area contributed by atoms with Crippen LogP contribution in [-0.2, 0) is 16.6 Å². The smallest absolute Gasteiger partial charge is 0.272 e. The number of hydrogen-bond donors (Lipinski definition) is 2. The first-order valence-corrected chi connectivity index (χ1v) is 9.29. The number of nitrogens with one attached hydrogen (secondary N) is 2. The molecule has 3 aromatic rings. The van der Waals surface area contributed by atoms with Crippen molar-refractivity contribution in [1.82, 2.24) is 20.0 Å². The van der Waals surface area contributed by atoms with Crippen molar-refractivity contribution in [3.63, 3.8) is 0 Å². The monoisotopic (exact) mass is 372 g/mol. The summed E-state index contributed by atoms with van der Waals surface area (Å²) in [7, 11) is -3.92. The zero-order chi connectivity index (χ0) is 18.7. The van der Waals surface area contributed by atoms with E-state index in [1.807, 2.05) is 4.83 Å². The molecule has 0 fully saturated rings. The van der Waals surface area contributed by atoms with Crippen molar-refractivity contribution in [1.29, 1.82) is 0 Å². The number of amides is 1. The van der Waals surface area contributed by atoms with Gasteiger partial charge in [-0.05, 0) is 25.1 Å². The molecule has 8 nitrogen and oxygen atoms in total. The van der Waals surface area contributed by atoms with Gasteiger partial charge in [0.1, 0.15) is 0 Å². The third-order valence-electron chi connectivity index (χ3n) is 3.73. The van der Waals surface area contributed by atoms with Crippen LogP contribution in [0, 0.1) is 0 Å². The lowest BCUT2D eigenvalue weighted by Crippen LogP contribution is -2.42. The lowest BCUT2D eigenvalue weighted by molar-refractivity contribution is 0.0939. The first-order chi connectivity index (χ1) is 12.4. The maximum absolute atomic E-state index is 12.5. The van der Waals surface area contributed by atoms with E-state index < -0.39 is 15.9 Å². The van der Waals surface area contributed by atoms with Gasteiger partial charge >= 0.3 is 0 Å². The molecule has 1 heterocycles. The van der Waals surface area contributed by atoms with Gasteiger partial charge < -0.3 is 0 Å². The van der Waals surface area contributed by atoms with Gasteiger partial charge in [-0.25, -0.2) is 13.1 Å². The molecule has 9 heteroatoms. The van der Waals surface area contributed by atoms with Gasteiger partial charge in [0.15, 0.2) is 5.69 Å². The molecule has 0 aliphatic heterocycles. The van der Waals surface area contributed by atoms with Crippen molar-refractivity contribution in [3.05, 3.63) is 70.6 Å². The van der Waals surface area contributed by atoms with E-state index in [-0.39, 0.29) is 22.7 Å². The second-order valence-electron chi connectivity index (χ2n) is 5.39. The summed E-state index contributed by atoms with van der Waals surface area (Å²) < 4.78 is 25.6. The number of rotatable bonds is 5. The standard InChI is InChI=1S/C17H16N4O4S/c1-2-21-17(23)14-11-7-6-10-13(14)15(19-21)16(22)18-20-26(24,25)12-8-4-3-5-9-12/h3-11,20H,2H2,1H3,(H,18,22).